The first-order valence-electron chi connectivity index (χ1n) is 11.3. The van der Waals surface area contributed by atoms with Gasteiger partial charge in [-0.1, -0.05) is 60.6 Å². The Bertz CT molecular complexity index is 977. The van der Waals surface area contributed by atoms with Crippen LogP contribution in [-0.4, -0.2) is 5.60 Å². The topological polar surface area (TPSA) is 21.3 Å². The molecule has 0 fully saturated rings. The maximum absolute atomic E-state index is 5.24. The minimum atomic E-state index is -0.0775. The predicted octanol–water partition coefficient (Wildman–Crippen LogP) is 9.30. The molecule has 2 rings (SSSR count). The van der Waals surface area contributed by atoms with Crippen molar-refractivity contribution in [3.8, 4) is 12.8 Å². The molecule has 180 valence electrons. The SMILES string of the molecule is C#C.C=C(C)OC(C)(C)C.C=C(Nc1c(C)cc(C)c(Br)c1C)c1ccc(C)c(CCC)c1. The third-order valence-electron chi connectivity index (χ3n) is 4.85. The van der Waals surface area contributed by atoms with Crippen LogP contribution in [0.2, 0.25) is 0 Å². The Morgan fingerprint density at radius 1 is 1.00 bits per heavy atom. The quantitative estimate of drug-likeness (QED) is 0.308. The molecule has 0 radical (unpaired) electrons. The maximum Gasteiger partial charge on any atom is 0.100 e. The number of aryl methyl sites for hydroxylation is 4. The maximum atomic E-state index is 5.24. The van der Waals surface area contributed by atoms with Crippen LogP contribution in [0.4, 0.5) is 5.69 Å². The van der Waals surface area contributed by atoms with Crippen molar-refractivity contribution in [2.24, 2.45) is 0 Å². The fourth-order valence-corrected chi connectivity index (χ4v) is 3.81. The molecule has 2 nitrogen and oxygen atoms in total. The summed E-state index contributed by atoms with van der Waals surface area (Å²) in [6, 6.07) is 8.81. The van der Waals surface area contributed by atoms with E-state index < -0.39 is 0 Å². The molecule has 0 aliphatic carbocycles. The summed E-state index contributed by atoms with van der Waals surface area (Å²) in [5, 5.41) is 3.53. The molecule has 0 aliphatic rings. The van der Waals surface area contributed by atoms with Crippen LogP contribution < -0.4 is 5.32 Å². The fourth-order valence-electron chi connectivity index (χ4n) is 3.50. The summed E-state index contributed by atoms with van der Waals surface area (Å²) in [6.45, 7) is 26.5. The summed E-state index contributed by atoms with van der Waals surface area (Å²) < 4.78 is 6.40. The monoisotopic (exact) mass is 511 g/mol. The van der Waals surface area contributed by atoms with Crippen LogP contribution in [0.5, 0.6) is 0 Å². The molecule has 0 atom stereocenters. The van der Waals surface area contributed by atoms with Crippen LogP contribution in [0.15, 0.2) is 47.7 Å². The number of benzene rings is 2. The molecular formula is C30H42BrNO. The van der Waals surface area contributed by atoms with E-state index in [1.807, 2.05) is 27.7 Å². The molecule has 0 amide bonds. The van der Waals surface area contributed by atoms with E-state index in [4.69, 9.17) is 4.74 Å². The zero-order valence-corrected chi connectivity index (χ0v) is 23.7. The Morgan fingerprint density at radius 3 is 2.03 bits per heavy atom. The van der Waals surface area contributed by atoms with Crippen molar-refractivity contribution >= 4 is 27.3 Å². The number of ether oxygens (including phenoxy) is 1. The van der Waals surface area contributed by atoms with Crippen LogP contribution in [0.3, 0.4) is 0 Å². The minimum Gasteiger partial charge on any atom is -0.493 e. The third-order valence-corrected chi connectivity index (χ3v) is 6.07. The molecule has 3 heteroatoms. The molecule has 0 unspecified atom stereocenters. The van der Waals surface area contributed by atoms with Gasteiger partial charge >= 0.3 is 0 Å². The molecule has 0 saturated heterocycles. The lowest BCUT2D eigenvalue weighted by Gasteiger charge is -2.20. The van der Waals surface area contributed by atoms with E-state index in [9.17, 15) is 0 Å². The van der Waals surface area contributed by atoms with E-state index in [-0.39, 0.29) is 5.60 Å². The Morgan fingerprint density at radius 2 is 1.58 bits per heavy atom. The largest absolute Gasteiger partial charge is 0.493 e. The molecule has 2 aromatic carbocycles. The Balaban J connectivity index is 0.000000868. The highest BCUT2D eigenvalue weighted by atomic mass is 79.9. The van der Waals surface area contributed by atoms with Gasteiger partial charge in [0.05, 0.1) is 5.76 Å². The van der Waals surface area contributed by atoms with Gasteiger partial charge in [-0.05, 0) is 101 Å². The van der Waals surface area contributed by atoms with Crippen molar-refractivity contribution in [3.05, 3.63) is 81.0 Å². The summed E-state index contributed by atoms with van der Waals surface area (Å²) in [4.78, 5) is 0. The third kappa shape index (κ3) is 10.4. The van der Waals surface area contributed by atoms with E-state index in [1.165, 1.54) is 27.8 Å². The average Bonchev–Trinajstić information content (AvgIpc) is 2.71. The van der Waals surface area contributed by atoms with Crippen molar-refractivity contribution in [2.45, 2.75) is 80.8 Å². The second kappa shape index (κ2) is 14.0. The van der Waals surface area contributed by atoms with Crippen molar-refractivity contribution in [1.82, 2.24) is 0 Å². The number of nitrogens with one attached hydrogen (secondary N) is 1. The van der Waals surface area contributed by atoms with Gasteiger partial charge in [0.25, 0.3) is 0 Å². The average molecular weight is 513 g/mol. The van der Waals surface area contributed by atoms with E-state index >= 15 is 0 Å². The van der Waals surface area contributed by atoms with Gasteiger partial charge in [0.1, 0.15) is 5.60 Å². The molecule has 0 heterocycles. The molecule has 0 aromatic heterocycles. The lowest BCUT2D eigenvalue weighted by atomic mass is 9.99. The fraction of sp³-hybridized carbons (Fsp3) is 0.400. The molecular weight excluding hydrogens is 470 g/mol. The van der Waals surface area contributed by atoms with Crippen LogP contribution >= 0.6 is 15.9 Å². The highest BCUT2D eigenvalue weighted by Crippen LogP contribution is 2.33. The number of allylic oxidation sites excluding steroid dienone is 1. The van der Waals surface area contributed by atoms with Crippen LogP contribution in [0.1, 0.15) is 74.4 Å². The van der Waals surface area contributed by atoms with Gasteiger partial charge in [-0.3, -0.25) is 0 Å². The van der Waals surface area contributed by atoms with Crippen molar-refractivity contribution in [2.75, 3.05) is 5.32 Å². The number of terminal acetylenes is 1. The zero-order chi connectivity index (χ0) is 25.9. The Labute approximate surface area is 211 Å². The Hall–Kier alpha value is -2.44. The lowest BCUT2D eigenvalue weighted by molar-refractivity contribution is 0.0544. The highest BCUT2D eigenvalue weighted by Gasteiger charge is 2.11. The summed E-state index contributed by atoms with van der Waals surface area (Å²) in [5.41, 5.74) is 9.67. The van der Waals surface area contributed by atoms with Gasteiger partial charge in [0.2, 0.25) is 0 Å². The molecule has 0 saturated carbocycles. The molecule has 1 N–H and O–H groups in total. The second-order valence-corrected chi connectivity index (χ2v) is 10.0. The smallest absolute Gasteiger partial charge is 0.100 e. The first-order chi connectivity index (χ1) is 15.3. The van der Waals surface area contributed by atoms with Crippen molar-refractivity contribution in [1.29, 1.82) is 0 Å². The van der Waals surface area contributed by atoms with Gasteiger partial charge in [0, 0.05) is 15.9 Å². The van der Waals surface area contributed by atoms with Gasteiger partial charge in [-0.2, -0.15) is 0 Å². The molecule has 33 heavy (non-hydrogen) atoms. The zero-order valence-electron chi connectivity index (χ0n) is 22.1. The standard InChI is InChI=1S/C21H26BrN.C7H14O.C2H2/c1-7-8-18-12-19(10-9-13(18)2)17(6)23-21-15(4)11-14(3)20(22)16(21)5;1-6(2)8-7(3,4)5;1-2/h9-12,23H,6-8H2,1-5H3;1H2,2-5H3;1-2H. The van der Waals surface area contributed by atoms with Gasteiger partial charge < -0.3 is 10.1 Å². The molecule has 0 aliphatic heterocycles. The number of anilines is 1. The highest BCUT2D eigenvalue weighted by molar-refractivity contribution is 9.10. The lowest BCUT2D eigenvalue weighted by Crippen LogP contribution is -2.17. The normalized spacial score (nSPS) is 10.2. The van der Waals surface area contributed by atoms with Crippen molar-refractivity contribution in [3.63, 3.8) is 0 Å². The summed E-state index contributed by atoms with van der Waals surface area (Å²) in [7, 11) is 0. The molecule has 0 spiro atoms. The Kier molecular flexibility index (Phi) is 12.9. The summed E-state index contributed by atoms with van der Waals surface area (Å²) in [6.07, 6.45) is 10.3. The van der Waals surface area contributed by atoms with Gasteiger partial charge in [0.15, 0.2) is 0 Å². The van der Waals surface area contributed by atoms with Gasteiger partial charge in [-0.25, -0.2) is 0 Å². The first kappa shape index (κ1) is 30.6. The predicted molar refractivity (Wildman–Crippen MR) is 152 cm³/mol. The number of halogens is 1. The summed E-state index contributed by atoms with van der Waals surface area (Å²) >= 11 is 3.68. The number of rotatable bonds is 6. The van der Waals surface area contributed by atoms with E-state index in [2.05, 4.69) is 106 Å². The molecule has 2 aromatic rings. The van der Waals surface area contributed by atoms with Crippen LogP contribution in [-0.2, 0) is 11.2 Å². The van der Waals surface area contributed by atoms with Crippen LogP contribution in [0.25, 0.3) is 5.70 Å². The minimum absolute atomic E-state index is 0.0775. The number of hydrogen-bond acceptors (Lipinski definition) is 2. The first-order valence-corrected chi connectivity index (χ1v) is 12.1. The second-order valence-electron chi connectivity index (χ2n) is 9.24. The van der Waals surface area contributed by atoms with E-state index in [1.54, 1.807) is 0 Å². The van der Waals surface area contributed by atoms with Gasteiger partial charge in [-0.15, -0.1) is 12.8 Å². The summed E-state index contributed by atoms with van der Waals surface area (Å²) in [5.74, 6) is 0.775. The molecule has 0 bridgehead atoms. The van der Waals surface area contributed by atoms with Crippen molar-refractivity contribution < 1.29 is 4.74 Å². The van der Waals surface area contributed by atoms with E-state index in [0.717, 1.165) is 40.0 Å². The van der Waals surface area contributed by atoms with E-state index in [0.29, 0.717) is 0 Å². The van der Waals surface area contributed by atoms with Crippen LogP contribution in [0, 0.1) is 40.5 Å². The number of hydrogen-bond donors (Lipinski definition) is 1.